The molecule has 27 heteroatoms. The number of rotatable bonds is 49. The van der Waals surface area contributed by atoms with Crippen LogP contribution in [0.15, 0.2) is 91.1 Å². The third-order valence-corrected chi connectivity index (χ3v) is 15.7. The van der Waals surface area contributed by atoms with Crippen LogP contribution in [0, 0.1) is 23.7 Å². The maximum Gasteiger partial charge on any atom is 0.342 e. The van der Waals surface area contributed by atoms with E-state index < -0.39 is 57.4 Å². The third kappa shape index (κ3) is 32.8. The number of morpholine rings is 1. The van der Waals surface area contributed by atoms with Crippen LogP contribution in [-0.4, -0.2) is 237 Å². The van der Waals surface area contributed by atoms with Gasteiger partial charge in [-0.1, -0.05) is 106 Å². The monoisotopic (exact) mass is 1370 g/mol. The number of aromatic nitrogens is 3. The summed E-state index contributed by atoms with van der Waals surface area (Å²) in [6, 6.07) is 24.2. The van der Waals surface area contributed by atoms with Gasteiger partial charge in [-0.25, -0.2) is 17.9 Å². The molecule has 0 bridgehead atoms. The number of amides is 2. The molecule has 2 N–H and O–H groups in total. The van der Waals surface area contributed by atoms with Gasteiger partial charge in [0.25, 0.3) is 0 Å². The largest absolute Gasteiger partial charge is 0.748 e. The standard InChI is InChI=1S/C68H98N6O17.CH4O3S/c1-51(2)41-60(63(76)45-58(43-54-15-11-8-12-16-54)66(79)70-61(42-52(3)4)64(77)68(5)48-91-68)69-65(78)57(18-17-53-13-9-7-10-14-53)44-59(75)47-74(23-25-82-26-24-74)50-90-67(80)56-21-19-55(20-22-56)62-46-73(72-71-62)49-89-40-39-88-38-37-87-36-35-86-34-33-85-32-31-84-30-29-83-28-27-81-6;1-5(2,3)4/h7-16,19-22,46,51-52,57-58,60-61H,17-18,23-45,47-50H2,1-6H3,(H-,69,70,78,79);1H3,(H,2,3,4)/t57-,58-,60+,61+,68-;/m1./s1. The van der Waals surface area contributed by atoms with Crippen molar-refractivity contribution in [2.24, 2.45) is 23.7 Å². The van der Waals surface area contributed by atoms with Crippen molar-refractivity contribution in [3.63, 3.8) is 0 Å². The molecule has 2 amide bonds. The van der Waals surface area contributed by atoms with E-state index >= 15 is 0 Å². The quantitative estimate of drug-likeness (QED) is 0.0188. The molecule has 0 aliphatic carbocycles. The Labute approximate surface area is 565 Å². The van der Waals surface area contributed by atoms with Crippen LogP contribution in [0.2, 0.25) is 0 Å². The van der Waals surface area contributed by atoms with E-state index in [1.54, 1.807) is 49.2 Å². The summed E-state index contributed by atoms with van der Waals surface area (Å²) in [5.41, 5.74) is 2.50. The minimum absolute atomic E-state index is 0.0108. The SMILES string of the molecule is COCCOCCOCCOCCOCCOCCOCCOCn1cc(-c2ccc(C(=O)OC[N+]3(CC(=O)C[C@@H](CCc4ccccc4)C(=O)N[C@@H](CC(C)C)C(=O)C[C@@H](Cc4ccccc4)C(=O)N[C@@H](CC(C)C)C(=O)[C@@]4(C)CO4)CCOCC3)cc2)nn1.CS(=O)(=O)[O-]. The molecular weight excluding hydrogens is 1260 g/mol. The molecule has 0 spiro atoms. The highest BCUT2D eigenvalue weighted by Crippen LogP contribution is 2.30. The second kappa shape index (κ2) is 43.9. The number of carbonyl (C=O) groups is 6. The Kier molecular flexibility index (Phi) is 36.7. The van der Waals surface area contributed by atoms with E-state index in [2.05, 4.69) is 20.9 Å². The number of nitrogens with zero attached hydrogens (tertiary/aromatic N) is 4. The first-order chi connectivity index (χ1) is 46.0. The van der Waals surface area contributed by atoms with Crippen molar-refractivity contribution in [1.82, 2.24) is 25.6 Å². The predicted molar refractivity (Wildman–Crippen MR) is 353 cm³/mol. The maximum atomic E-state index is 14.7. The highest BCUT2D eigenvalue weighted by Gasteiger charge is 2.50. The fourth-order valence-corrected chi connectivity index (χ4v) is 10.4. The van der Waals surface area contributed by atoms with Crippen molar-refractivity contribution in [1.29, 1.82) is 0 Å². The smallest absolute Gasteiger partial charge is 0.342 e. The van der Waals surface area contributed by atoms with E-state index in [9.17, 15) is 28.8 Å². The third-order valence-electron chi connectivity index (χ3n) is 15.7. The van der Waals surface area contributed by atoms with Crippen molar-refractivity contribution in [2.75, 3.05) is 152 Å². The van der Waals surface area contributed by atoms with E-state index in [-0.39, 0.29) is 79.5 Å². The number of ether oxygens (including phenoxy) is 11. The second-order valence-corrected chi connectivity index (χ2v) is 26.4. The number of carbonyl (C=O) groups excluding carboxylic acids is 6. The van der Waals surface area contributed by atoms with E-state index in [4.69, 9.17) is 65.1 Å². The molecule has 2 saturated heterocycles. The second-order valence-electron chi connectivity index (χ2n) is 25.0. The molecule has 2 aliphatic heterocycles. The highest BCUT2D eigenvalue weighted by atomic mass is 32.2. The van der Waals surface area contributed by atoms with Crippen molar-refractivity contribution in [3.05, 3.63) is 108 Å². The van der Waals surface area contributed by atoms with Crippen LogP contribution in [-0.2, 0) is 106 Å². The Morgan fingerprint density at radius 1 is 0.656 bits per heavy atom. The summed E-state index contributed by atoms with van der Waals surface area (Å²) in [6.45, 7) is 18.0. The number of nitrogens with one attached hydrogen (secondary N) is 2. The molecule has 96 heavy (non-hydrogen) atoms. The number of aryl methyl sites for hydroxylation is 1. The van der Waals surface area contributed by atoms with Crippen LogP contribution in [0.1, 0.15) is 88.2 Å². The van der Waals surface area contributed by atoms with Crippen LogP contribution >= 0.6 is 0 Å². The number of epoxide rings is 1. The topological polar surface area (TPSA) is 319 Å². The molecule has 3 aromatic carbocycles. The summed E-state index contributed by atoms with van der Waals surface area (Å²) in [4.78, 5) is 85.3. The van der Waals surface area contributed by atoms with E-state index in [1.165, 1.54) is 0 Å². The summed E-state index contributed by atoms with van der Waals surface area (Å²) < 4.78 is 89.7. The van der Waals surface area contributed by atoms with Gasteiger partial charge in [0.2, 0.25) is 18.5 Å². The molecule has 0 radical (unpaired) electrons. The number of hydrogen-bond acceptors (Lipinski definition) is 22. The molecular formula is C69H102N6O20S. The van der Waals surface area contributed by atoms with Crippen LogP contribution in [0.4, 0.5) is 0 Å². The summed E-state index contributed by atoms with van der Waals surface area (Å²) >= 11 is 0. The Morgan fingerprint density at radius 2 is 1.14 bits per heavy atom. The first kappa shape index (κ1) is 80.4. The minimum atomic E-state index is -3.92. The molecule has 2 fully saturated rings. The lowest BCUT2D eigenvalue weighted by molar-refractivity contribution is -0.943. The molecule has 0 unspecified atom stereocenters. The van der Waals surface area contributed by atoms with Crippen LogP contribution in [0.25, 0.3) is 11.3 Å². The van der Waals surface area contributed by atoms with E-state index in [0.717, 1.165) is 16.7 Å². The van der Waals surface area contributed by atoms with Gasteiger partial charge < -0.3 is 67.3 Å². The lowest BCUT2D eigenvalue weighted by Crippen LogP contribution is -2.59. The first-order valence-corrected chi connectivity index (χ1v) is 34.8. The van der Waals surface area contributed by atoms with Crippen molar-refractivity contribution < 1.29 is 98.3 Å². The molecule has 3 heterocycles. The van der Waals surface area contributed by atoms with Gasteiger partial charge in [0.1, 0.15) is 37.7 Å². The lowest BCUT2D eigenvalue weighted by Gasteiger charge is -2.39. The summed E-state index contributed by atoms with van der Waals surface area (Å²) in [5, 5.41) is 14.5. The van der Waals surface area contributed by atoms with Gasteiger partial charge in [-0.3, -0.25) is 28.5 Å². The average molecular weight is 1370 g/mol. The van der Waals surface area contributed by atoms with Gasteiger partial charge in [0.15, 0.2) is 17.3 Å². The van der Waals surface area contributed by atoms with Gasteiger partial charge in [-0.2, -0.15) is 0 Å². The summed E-state index contributed by atoms with van der Waals surface area (Å²) in [7, 11) is -2.28. The number of quaternary nitrogens is 1. The van der Waals surface area contributed by atoms with Crippen molar-refractivity contribution in [2.45, 2.75) is 104 Å². The molecule has 0 saturated carbocycles. The fourth-order valence-electron chi connectivity index (χ4n) is 10.4. The Balaban J connectivity index is 0.00000321. The molecule has 6 rings (SSSR count). The zero-order valence-corrected chi connectivity index (χ0v) is 57.8. The molecule has 5 atom stereocenters. The Morgan fingerprint density at radius 3 is 1.65 bits per heavy atom. The fraction of sp³-hybridized carbons (Fsp3) is 0.623. The number of esters is 1. The summed E-state index contributed by atoms with van der Waals surface area (Å²) in [5.74, 6) is -3.70. The average Bonchev–Trinajstić information content (AvgIpc) is 1.59. The van der Waals surface area contributed by atoms with Crippen molar-refractivity contribution in [3.8, 4) is 11.3 Å². The molecule has 534 valence electrons. The van der Waals surface area contributed by atoms with Gasteiger partial charge in [0.05, 0.1) is 146 Å². The molecule has 2 aliphatic rings. The number of benzene rings is 3. The normalized spacial score (nSPS) is 16.4. The lowest BCUT2D eigenvalue weighted by atomic mass is 9.87. The Hall–Kier alpha value is -6.31. The van der Waals surface area contributed by atoms with Crippen LogP contribution in [0.3, 0.4) is 0 Å². The van der Waals surface area contributed by atoms with Gasteiger partial charge in [0, 0.05) is 43.6 Å². The van der Waals surface area contributed by atoms with E-state index in [0.29, 0.717) is 162 Å². The number of Topliss-reactive ketones (excluding diaryl/α,β-unsaturated/α-hetero) is 3. The predicted octanol–water partition coefficient (Wildman–Crippen LogP) is 5.23. The van der Waals surface area contributed by atoms with Gasteiger partial charge in [-0.15, -0.1) is 5.10 Å². The summed E-state index contributed by atoms with van der Waals surface area (Å²) in [6.07, 6.45) is 3.82. The first-order valence-electron chi connectivity index (χ1n) is 33.0. The van der Waals surface area contributed by atoms with Crippen molar-refractivity contribution >= 4 is 45.3 Å². The molecule has 4 aromatic rings. The van der Waals surface area contributed by atoms with Crippen LogP contribution < -0.4 is 10.6 Å². The zero-order valence-electron chi connectivity index (χ0n) is 57.0. The number of hydrogen-bond donors (Lipinski definition) is 2. The van der Waals surface area contributed by atoms with Gasteiger partial charge in [-0.05, 0) is 74.1 Å². The minimum Gasteiger partial charge on any atom is -0.748 e. The van der Waals surface area contributed by atoms with Crippen LogP contribution in [0.5, 0.6) is 0 Å². The van der Waals surface area contributed by atoms with E-state index in [1.807, 2.05) is 88.4 Å². The number of methoxy groups -OCH3 is 1. The maximum absolute atomic E-state index is 14.7. The molecule has 1 aromatic heterocycles. The number of ketones is 3. The zero-order chi connectivity index (χ0) is 69.6. The molecule has 26 nitrogen and oxygen atoms in total. The van der Waals surface area contributed by atoms with Gasteiger partial charge >= 0.3 is 5.97 Å². The highest BCUT2D eigenvalue weighted by molar-refractivity contribution is 7.84. The Bertz CT molecular complexity index is 3010.